The number of hydrogen-bond acceptors (Lipinski definition) is 7. The third-order valence-corrected chi connectivity index (χ3v) is 6.85. The number of benzene rings is 1. The van der Waals surface area contributed by atoms with Crippen molar-refractivity contribution < 1.29 is 14.1 Å². The van der Waals surface area contributed by atoms with Gasteiger partial charge in [0.25, 0.3) is 0 Å². The first kappa shape index (κ1) is 23.4. The number of ether oxygens (including phenoxy) is 1. The van der Waals surface area contributed by atoms with E-state index in [-0.39, 0.29) is 17.9 Å². The van der Waals surface area contributed by atoms with E-state index in [1.165, 1.54) is 0 Å². The highest BCUT2D eigenvalue weighted by atomic mass is 32.1. The summed E-state index contributed by atoms with van der Waals surface area (Å²) in [4.78, 5) is 21.0. The van der Waals surface area contributed by atoms with Crippen molar-refractivity contribution in [2.24, 2.45) is 11.8 Å². The van der Waals surface area contributed by atoms with E-state index in [9.17, 15) is 4.79 Å². The molecular weight excluding hydrogens is 436 g/mol. The van der Waals surface area contributed by atoms with Crippen LogP contribution in [0.2, 0.25) is 0 Å². The van der Waals surface area contributed by atoms with Gasteiger partial charge in [-0.05, 0) is 60.9 Å². The number of nitrogens with zero attached hydrogens (tertiary/aromatic N) is 3. The van der Waals surface area contributed by atoms with Gasteiger partial charge in [-0.2, -0.15) is 4.98 Å². The Hall–Kier alpha value is -2.71. The standard InChI is InChI=1S/C25H32N4O3S/c1-17(2)14-21(18-8-10-20(31-3)11-9-18)26-25(30)19-6-4-12-29(15-19)16-23-27-24(28-32-23)22-7-5-13-33-22/h5,7-11,13,17,19,21H,4,6,12,14-16H2,1-3H3,(H,26,30). The van der Waals surface area contributed by atoms with Gasteiger partial charge in [-0.3, -0.25) is 9.69 Å². The predicted octanol–water partition coefficient (Wildman–Crippen LogP) is 4.92. The van der Waals surface area contributed by atoms with Crippen molar-refractivity contribution in [3.8, 4) is 16.5 Å². The second kappa shape index (κ2) is 10.9. The fourth-order valence-electron chi connectivity index (χ4n) is 4.30. The fraction of sp³-hybridized carbons (Fsp3) is 0.480. The molecule has 1 aliphatic heterocycles. The summed E-state index contributed by atoms with van der Waals surface area (Å²) in [5, 5.41) is 9.42. The van der Waals surface area contributed by atoms with Crippen molar-refractivity contribution in [2.75, 3.05) is 20.2 Å². The van der Waals surface area contributed by atoms with Gasteiger partial charge in [-0.15, -0.1) is 11.3 Å². The van der Waals surface area contributed by atoms with Crippen LogP contribution in [0.1, 0.15) is 50.6 Å². The minimum atomic E-state index is -0.0497. The average molecular weight is 469 g/mol. The van der Waals surface area contributed by atoms with E-state index in [1.54, 1.807) is 18.4 Å². The number of likely N-dealkylation sites (tertiary alicyclic amines) is 1. The largest absolute Gasteiger partial charge is 0.497 e. The maximum atomic E-state index is 13.2. The molecule has 4 rings (SSSR count). The van der Waals surface area contributed by atoms with Gasteiger partial charge in [-0.1, -0.05) is 37.2 Å². The molecule has 1 saturated heterocycles. The van der Waals surface area contributed by atoms with Crippen LogP contribution in [-0.2, 0) is 11.3 Å². The molecule has 1 N–H and O–H groups in total. The van der Waals surface area contributed by atoms with Crippen molar-refractivity contribution in [3.63, 3.8) is 0 Å². The zero-order chi connectivity index (χ0) is 23.2. The van der Waals surface area contributed by atoms with Crippen LogP contribution < -0.4 is 10.1 Å². The summed E-state index contributed by atoms with van der Waals surface area (Å²) in [6.07, 6.45) is 2.76. The molecule has 176 valence electrons. The maximum Gasteiger partial charge on any atom is 0.241 e. The Bertz CT molecular complexity index is 1020. The number of carbonyl (C=O) groups is 1. The molecule has 2 unspecified atom stereocenters. The summed E-state index contributed by atoms with van der Waals surface area (Å²) in [6, 6.07) is 11.9. The molecular formula is C25H32N4O3S. The van der Waals surface area contributed by atoms with Gasteiger partial charge in [0, 0.05) is 6.54 Å². The summed E-state index contributed by atoms with van der Waals surface area (Å²) in [7, 11) is 1.66. The fourth-order valence-corrected chi connectivity index (χ4v) is 4.95. The van der Waals surface area contributed by atoms with E-state index in [2.05, 4.69) is 34.2 Å². The van der Waals surface area contributed by atoms with Crippen LogP contribution in [0, 0.1) is 11.8 Å². The number of amides is 1. The number of rotatable bonds is 9. The Balaban J connectivity index is 1.37. The number of nitrogens with one attached hydrogen (secondary N) is 1. The van der Waals surface area contributed by atoms with Gasteiger partial charge in [0.05, 0.1) is 30.5 Å². The molecule has 0 saturated carbocycles. The zero-order valence-corrected chi connectivity index (χ0v) is 20.3. The van der Waals surface area contributed by atoms with Crippen LogP contribution in [-0.4, -0.2) is 41.1 Å². The number of carbonyl (C=O) groups excluding carboxylic acids is 1. The highest BCUT2D eigenvalue weighted by molar-refractivity contribution is 7.13. The first-order valence-corrected chi connectivity index (χ1v) is 12.4. The molecule has 2 atom stereocenters. The topological polar surface area (TPSA) is 80.5 Å². The third-order valence-electron chi connectivity index (χ3n) is 5.99. The van der Waals surface area contributed by atoms with Crippen LogP contribution >= 0.6 is 11.3 Å². The lowest BCUT2D eigenvalue weighted by Gasteiger charge is -2.32. The summed E-state index contributed by atoms with van der Waals surface area (Å²) in [6.45, 7) is 6.55. The van der Waals surface area contributed by atoms with Gasteiger partial charge >= 0.3 is 0 Å². The Kier molecular flexibility index (Phi) is 7.77. The molecule has 8 heteroatoms. The number of hydrogen-bond donors (Lipinski definition) is 1. The molecule has 1 amide bonds. The Morgan fingerprint density at radius 3 is 2.82 bits per heavy atom. The molecule has 0 aliphatic carbocycles. The molecule has 0 spiro atoms. The highest BCUT2D eigenvalue weighted by Gasteiger charge is 2.29. The van der Waals surface area contributed by atoms with E-state index in [0.717, 1.165) is 42.0 Å². The molecule has 33 heavy (non-hydrogen) atoms. The molecule has 0 radical (unpaired) electrons. The van der Waals surface area contributed by atoms with E-state index in [1.807, 2.05) is 41.8 Å². The lowest BCUT2D eigenvalue weighted by molar-refractivity contribution is -0.127. The molecule has 0 bridgehead atoms. The van der Waals surface area contributed by atoms with Crippen LogP contribution in [0.15, 0.2) is 46.3 Å². The first-order chi connectivity index (χ1) is 16.0. The lowest BCUT2D eigenvalue weighted by atomic mass is 9.93. The van der Waals surface area contributed by atoms with E-state index in [4.69, 9.17) is 9.26 Å². The van der Waals surface area contributed by atoms with Crippen LogP contribution in [0.3, 0.4) is 0 Å². The van der Waals surface area contributed by atoms with Gasteiger partial charge in [0.2, 0.25) is 17.6 Å². The van der Waals surface area contributed by atoms with Gasteiger partial charge in [0.15, 0.2) is 0 Å². The molecule has 1 fully saturated rings. The van der Waals surface area contributed by atoms with E-state index in [0.29, 0.717) is 30.7 Å². The van der Waals surface area contributed by atoms with Crippen molar-refractivity contribution in [3.05, 3.63) is 53.2 Å². The monoisotopic (exact) mass is 468 g/mol. The molecule has 1 aliphatic rings. The highest BCUT2D eigenvalue weighted by Crippen LogP contribution is 2.26. The summed E-state index contributed by atoms with van der Waals surface area (Å²) in [5.74, 6) is 2.57. The molecule has 1 aromatic carbocycles. The number of methoxy groups -OCH3 is 1. The second-order valence-corrected chi connectivity index (χ2v) is 9.97. The van der Waals surface area contributed by atoms with Gasteiger partial charge < -0.3 is 14.6 Å². The molecule has 7 nitrogen and oxygen atoms in total. The van der Waals surface area contributed by atoms with Crippen LogP contribution in [0.5, 0.6) is 5.75 Å². The van der Waals surface area contributed by atoms with E-state index >= 15 is 0 Å². The summed E-state index contributed by atoms with van der Waals surface area (Å²) in [5.41, 5.74) is 1.11. The lowest BCUT2D eigenvalue weighted by Crippen LogP contribution is -2.43. The molecule has 3 heterocycles. The van der Waals surface area contributed by atoms with E-state index < -0.39 is 0 Å². The normalized spacial score (nSPS) is 17.8. The number of thiophene rings is 1. The minimum absolute atomic E-state index is 0.0110. The van der Waals surface area contributed by atoms with Crippen molar-refractivity contribution in [1.29, 1.82) is 0 Å². The molecule has 3 aromatic rings. The van der Waals surface area contributed by atoms with Gasteiger partial charge in [0.1, 0.15) is 5.75 Å². The van der Waals surface area contributed by atoms with Crippen molar-refractivity contribution in [2.45, 2.75) is 45.7 Å². The number of piperidine rings is 1. The third kappa shape index (κ3) is 6.21. The first-order valence-electron chi connectivity index (χ1n) is 11.5. The summed E-state index contributed by atoms with van der Waals surface area (Å²) >= 11 is 1.59. The van der Waals surface area contributed by atoms with Crippen molar-refractivity contribution >= 4 is 17.2 Å². The predicted molar refractivity (Wildman–Crippen MR) is 129 cm³/mol. The zero-order valence-electron chi connectivity index (χ0n) is 19.5. The molecule has 2 aromatic heterocycles. The van der Waals surface area contributed by atoms with Crippen LogP contribution in [0.4, 0.5) is 0 Å². The Morgan fingerprint density at radius 1 is 1.30 bits per heavy atom. The maximum absolute atomic E-state index is 13.2. The smallest absolute Gasteiger partial charge is 0.241 e. The van der Waals surface area contributed by atoms with Crippen LogP contribution in [0.25, 0.3) is 10.7 Å². The van der Waals surface area contributed by atoms with Crippen molar-refractivity contribution in [1.82, 2.24) is 20.4 Å². The Labute approximate surface area is 199 Å². The SMILES string of the molecule is COc1ccc(C(CC(C)C)NC(=O)C2CCCN(Cc3nc(-c4cccs4)no3)C2)cc1. The second-order valence-electron chi connectivity index (χ2n) is 9.03. The quantitative estimate of drug-likeness (QED) is 0.480. The summed E-state index contributed by atoms with van der Waals surface area (Å²) < 4.78 is 10.7. The minimum Gasteiger partial charge on any atom is -0.497 e. The Morgan fingerprint density at radius 2 is 2.12 bits per heavy atom. The number of aromatic nitrogens is 2. The van der Waals surface area contributed by atoms with Gasteiger partial charge in [-0.25, -0.2) is 0 Å². The average Bonchev–Trinajstić information content (AvgIpc) is 3.51.